The van der Waals surface area contributed by atoms with E-state index < -0.39 is 0 Å². The van der Waals surface area contributed by atoms with Crippen LogP contribution in [0.5, 0.6) is 0 Å². The predicted octanol–water partition coefficient (Wildman–Crippen LogP) is 7.76. The molecule has 3 rings (SSSR count). The Kier molecular flexibility index (Phi) is 6.16. The molecular weight excluding hydrogens is 338 g/mol. The SMILES string of the molecule is C=C/C=C(\C=C(/C)C(=C)/C=C\CCC)c1ccc2c(c1)c1ccccc1n2C. The summed E-state index contributed by atoms with van der Waals surface area (Å²) in [4.78, 5) is 0. The molecule has 1 aromatic heterocycles. The first-order valence-electron chi connectivity index (χ1n) is 9.91. The van der Waals surface area contributed by atoms with Crippen LogP contribution in [-0.2, 0) is 7.05 Å². The van der Waals surface area contributed by atoms with E-state index in [0.29, 0.717) is 0 Å². The van der Waals surface area contributed by atoms with Crippen molar-refractivity contribution in [2.24, 2.45) is 7.05 Å². The molecule has 0 amide bonds. The van der Waals surface area contributed by atoms with E-state index in [0.717, 1.165) is 24.0 Å². The molecule has 0 unspecified atom stereocenters. The number of aryl methyl sites for hydroxylation is 1. The van der Waals surface area contributed by atoms with Gasteiger partial charge in [-0.05, 0) is 53.8 Å². The first-order chi connectivity index (χ1) is 13.6. The van der Waals surface area contributed by atoms with Crippen LogP contribution in [0.2, 0.25) is 0 Å². The molecule has 28 heavy (non-hydrogen) atoms. The van der Waals surface area contributed by atoms with Crippen molar-refractivity contribution in [1.82, 2.24) is 4.57 Å². The maximum Gasteiger partial charge on any atom is 0.0489 e. The lowest BCUT2D eigenvalue weighted by atomic mass is 9.98. The summed E-state index contributed by atoms with van der Waals surface area (Å²) < 4.78 is 2.26. The number of unbranched alkanes of at least 4 members (excludes halogenated alkanes) is 1. The summed E-state index contributed by atoms with van der Waals surface area (Å²) in [7, 11) is 2.13. The molecule has 1 heterocycles. The Hall–Kier alpha value is -3.06. The molecule has 0 saturated heterocycles. The third-order valence-electron chi connectivity index (χ3n) is 5.20. The largest absolute Gasteiger partial charge is 0.344 e. The van der Waals surface area contributed by atoms with Crippen molar-refractivity contribution in [3.63, 3.8) is 0 Å². The van der Waals surface area contributed by atoms with Crippen LogP contribution in [0.15, 0.2) is 97.1 Å². The summed E-state index contributed by atoms with van der Waals surface area (Å²) >= 11 is 0. The summed E-state index contributed by atoms with van der Waals surface area (Å²) in [6.45, 7) is 12.4. The van der Waals surface area contributed by atoms with Gasteiger partial charge in [0, 0.05) is 28.9 Å². The molecule has 0 bridgehead atoms. The molecule has 0 saturated carbocycles. The van der Waals surface area contributed by atoms with Crippen molar-refractivity contribution in [2.45, 2.75) is 26.7 Å². The molecule has 0 N–H and O–H groups in total. The van der Waals surface area contributed by atoms with Crippen LogP contribution < -0.4 is 0 Å². The molecule has 0 radical (unpaired) electrons. The number of aromatic nitrogens is 1. The second-order valence-corrected chi connectivity index (χ2v) is 7.21. The van der Waals surface area contributed by atoms with Crippen molar-refractivity contribution in [3.05, 3.63) is 103 Å². The van der Waals surface area contributed by atoms with Gasteiger partial charge in [-0.3, -0.25) is 0 Å². The van der Waals surface area contributed by atoms with E-state index in [1.54, 1.807) is 0 Å². The van der Waals surface area contributed by atoms with Gasteiger partial charge in [0.2, 0.25) is 0 Å². The number of hydrogen-bond acceptors (Lipinski definition) is 0. The molecule has 0 fully saturated rings. The molecule has 0 aliphatic rings. The molecule has 0 atom stereocenters. The first-order valence-corrected chi connectivity index (χ1v) is 9.91. The summed E-state index contributed by atoms with van der Waals surface area (Å²) in [5, 5.41) is 2.56. The highest BCUT2D eigenvalue weighted by Crippen LogP contribution is 2.31. The van der Waals surface area contributed by atoms with Crippen LogP contribution >= 0.6 is 0 Å². The van der Waals surface area contributed by atoms with Crippen LogP contribution in [0.25, 0.3) is 27.4 Å². The molecule has 142 valence electrons. The summed E-state index contributed by atoms with van der Waals surface area (Å²) in [5.74, 6) is 0. The van der Waals surface area contributed by atoms with Crippen LogP contribution in [-0.4, -0.2) is 4.57 Å². The first kappa shape index (κ1) is 19.7. The van der Waals surface area contributed by atoms with E-state index in [1.807, 2.05) is 6.08 Å². The Bertz CT molecular complexity index is 1120. The van der Waals surface area contributed by atoms with Gasteiger partial charge >= 0.3 is 0 Å². The number of nitrogens with zero attached hydrogens (tertiary/aromatic N) is 1. The van der Waals surface area contributed by atoms with Crippen molar-refractivity contribution in [2.75, 3.05) is 0 Å². The third-order valence-corrected chi connectivity index (χ3v) is 5.20. The highest BCUT2D eigenvalue weighted by Gasteiger charge is 2.09. The summed E-state index contributed by atoms with van der Waals surface area (Å²) in [6, 6.07) is 15.2. The minimum absolute atomic E-state index is 1.05. The fourth-order valence-corrected chi connectivity index (χ4v) is 3.55. The van der Waals surface area contributed by atoms with E-state index in [1.165, 1.54) is 32.9 Å². The van der Waals surface area contributed by atoms with Gasteiger partial charge in [0.25, 0.3) is 0 Å². The molecule has 0 aliphatic heterocycles. The average Bonchev–Trinajstić information content (AvgIpc) is 3.00. The molecule has 1 heteroatoms. The molecule has 1 nitrogen and oxygen atoms in total. The molecular formula is C27H29N. The normalized spacial score (nSPS) is 13.0. The van der Waals surface area contributed by atoms with Crippen LogP contribution in [0.1, 0.15) is 32.3 Å². The second kappa shape index (κ2) is 8.75. The van der Waals surface area contributed by atoms with E-state index in [-0.39, 0.29) is 0 Å². The lowest BCUT2D eigenvalue weighted by molar-refractivity contribution is 0.958. The Morgan fingerprint density at radius 1 is 1.07 bits per heavy atom. The predicted molar refractivity (Wildman–Crippen MR) is 126 cm³/mol. The van der Waals surface area contributed by atoms with Crippen molar-refractivity contribution in [3.8, 4) is 0 Å². The average molecular weight is 368 g/mol. The minimum Gasteiger partial charge on any atom is -0.344 e. The Labute approximate surface area is 168 Å². The maximum absolute atomic E-state index is 4.22. The highest BCUT2D eigenvalue weighted by atomic mass is 14.9. The van der Waals surface area contributed by atoms with Gasteiger partial charge < -0.3 is 4.57 Å². The van der Waals surface area contributed by atoms with Crippen LogP contribution in [0.4, 0.5) is 0 Å². The topological polar surface area (TPSA) is 4.93 Å². The Morgan fingerprint density at radius 2 is 1.82 bits per heavy atom. The van der Waals surface area contributed by atoms with Gasteiger partial charge in [0.1, 0.15) is 0 Å². The lowest BCUT2D eigenvalue weighted by Crippen LogP contribution is -1.88. The fourth-order valence-electron chi connectivity index (χ4n) is 3.55. The van der Waals surface area contributed by atoms with Crippen molar-refractivity contribution < 1.29 is 0 Å². The number of allylic oxidation sites excluding steroid dienone is 8. The zero-order chi connectivity index (χ0) is 20.1. The molecule has 2 aromatic carbocycles. The number of para-hydroxylation sites is 1. The van der Waals surface area contributed by atoms with Crippen molar-refractivity contribution >= 4 is 27.4 Å². The lowest BCUT2D eigenvalue weighted by Gasteiger charge is -2.07. The smallest absolute Gasteiger partial charge is 0.0489 e. The van der Waals surface area contributed by atoms with Crippen LogP contribution in [0.3, 0.4) is 0 Å². The standard InChI is InChI=1S/C27H29N/c1-6-8-9-13-20(3)21(4)18-22(12-7-2)23-16-17-27-25(19-23)24-14-10-11-15-26(24)28(27)5/h7,9-19H,2-3,6,8H2,1,4-5H3/b13-9-,21-18+,22-12+. The van der Waals surface area contributed by atoms with Crippen LogP contribution in [0, 0.1) is 0 Å². The Balaban J connectivity index is 2.05. The zero-order valence-electron chi connectivity index (χ0n) is 17.2. The third kappa shape index (κ3) is 3.94. The second-order valence-electron chi connectivity index (χ2n) is 7.21. The van der Waals surface area contributed by atoms with Gasteiger partial charge in [-0.1, -0.05) is 81.1 Å². The minimum atomic E-state index is 1.05. The zero-order valence-corrected chi connectivity index (χ0v) is 17.2. The van der Waals surface area contributed by atoms with Gasteiger partial charge in [-0.25, -0.2) is 0 Å². The molecule has 3 aromatic rings. The Morgan fingerprint density at radius 3 is 2.57 bits per heavy atom. The number of benzene rings is 2. The molecule has 0 aliphatic carbocycles. The highest BCUT2D eigenvalue weighted by molar-refractivity contribution is 6.09. The van der Waals surface area contributed by atoms with Gasteiger partial charge in [0.05, 0.1) is 0 Å². The number of hydrogen-bond donors (Lipinski definition) is 0. The van der Waals surface area contributed by atoms with Crippen molar-refractivity contribution in [1.29, 1.82) is 0 Å². The molecule has 0 spiro atoms. The summed E-state index contributed by atoms with van der Waals surface area (Å²) in [5.41, 5.74) is 7.05. The number of fused-ring (bicyclic) bond motifs is 3. The fraction of sp³-hybridized carbons (Fsp3) is 0.185. The van der Waals surface area contributed by atoms with E-state index in [2.05, 4.69) is 105 Å². The summed E-state index contributed by atoms with van der Waals surface area (Å²) in [6.07, 6.45) is 12.7. The van der Waals surface area contributed by atoms with E-state index in [9.17, 15) is 0 Å². The van der Waals surface area contributed by atoms with Gasteiger partial charge in [-0.2, -0.15) is 0 Å². The maximum atomic E-state index is 4.22. The number of rotatable bonds is 7. The quantitative estimate of drug-likeness (QED) is 0.376. The van der Waals surface area contributed by atoms with E-state index >= 15 is 0 Å². The van der Waals surface area contributed by atoms with Gasteiger partial charge in [-0.15, -0.1) is 0 Å². The van der Waals surface area contributed by atoms with E-state index in [4.69, 9.17) is 0 Å². The monoisotopic (exact) mass is 367 g/mol. The van der Waals surface area contributed by atoms with Gasteiger partial charge in [0.15, 0.2) is 0 Å².